The number of anilines is 2. The van der Waals surface area contributed by atoms with Gasteiger partial charge < -0.3 is 15.3 Å². The maximum absolute atomic E-state index is 9.07. The lowest BCUT2D eigenvalue weighted by Gasteiger charge is -2.29. The molecule has 1 aromatic rings. The molecule has 0 saturated carbocycles. The van der Waals surface area contributed by atoms with Crippen molar-refractivity contribution in [2.75, 3.05) is 30.9 Å². The molecule has 0 bridgehead atoms. The van der Waals surface area contributed by atoms with Crippen LogP contribution in [0.5, 0.6) is 0 Å². The van der Waals surface area contributed by atoms with E-state index in [-0.39, 0.29) is 12.1 Å². The Hall–Kier alpha value is -1.36. The van der Waals surface area contributed by atoms with E-state index in [0.717, 1.165) is 12.2 Å². The Morgan fingerprint density at radius 3 is 2.71 bits per heavy atom. The topological polar surface area (TPSA) is 61.3 Å². The van der Waals surface area contributed by atoms with Crippen LogP contribution in [-0.4, -0.2) is 41.3 Å². The first-order valence-electron chi connectivity index (χ1n) is 5.90. The number of aliphatic hydroxyl groups is 1. The lowest BCUT2D eigenvalue weighted by atomic mass is 9.95. The molecule has 0 aliphatic heterocycles. The molecule has 0 aliphatic rings. The van der Waals surface area contributed by atoms with Gasteiger partial charge in [0.05, 0.1) is 0 Å². The third-order valence-electron chi connectivity index (χ3n) is 2.92. The van der Waals surface area contributed by atoms with Crippen molar-refractivity contribution in [2.45, 2.75) is 32.2 Å². The zero-order valence-electron chi connectivity index (χ0n) is 11.1. The fraction of sp³-hybridized carbons (Fsp3) is 0.667. The Labute approximate surface area is 103 Å². The molecule has 0 aliphatic carbocycles. The van der Waals surface area contributed by atoms with Crippen molar-refractivity contribution in [3.8, 4) is 0 Å². The minimum atomic E-state index is -0.132. The standard InChI is InChI=1S/C12H22N4O/c1-5-12(2,7-9-17)15-10-6-8-13-11(14-10)16(3)4/h6,8,17H,5,7,9H2,1-4H3,(H,13,14,15). The van der Waals surface area contributed by atoms with Crippen LogP contribution in [0.25, 0.3) is 0 Å². The zero-order chi connectivity index (χ0) is 12.9. The number of nitrogens with zero attached hydrogens (tertiary/aromatic N) is 3. The maximum Gasteiger partial charge on any atom is 0.226 e. The predicted octanol–water partition coefficient (Wildman–Crippen LogP) is 1.51. The molecule has 1 unspecified atom stereocenters. The summed E-state index contributed by atoms with van der Waals surface area (Å²) in [6.45, 7) is 4.35. The van der Waals surface area contributed by atoms with Gasteiger partial charge in [-0.2, -0.15) is 4.98 Å². The highest BCUT2D eigenvalue weighted by molar-refractivity contribution is 5.42. The SMILES string of the molecule is CCC(C)(CCO)Nc1ccnc(N(C)C)n1. The molecule has 1 atom stereocenters. The summed E-state index contributed by atoms with van der Waals surface area (Å²) in [6, 6.07) is 1.85. The van der Waals surface area contributed by atoms with Crippen LogP contribution in [0.1, 0.15) is 26.7 Å². The van der Waals surface area contributed by atoms with Gasteiger partial charge in [0.1, 0.15) is 5.82 Å². The van der Waals surface area contributed by atoms with E-state index >= 15 is 0 Å². The van der Waals surface area contributed by atoms with Crippen LogP contribution < -0.4 is 10.2 Å². The van der Waals surface area contributed by atoms with Gasteiger partial charge in [0.15, 0.2) is 0 Å². The monoisotopic (exact) mass is 238 g/mol. The van der Waals surface area contributed by atoms with Crippen molar-refractivity contribution >= 4 is 11.8 Å². The number of aromatic nitrogens is 2. The van der Waals surface area contributed by atoms with Crippen LogP contribution in [0.2, 0.25) is 0 Å². The second kappa shape index (κ2) is 5.82. The van der Waals surface area contributed by atoms with Gasteiger partial charge in [-0.25, -0.2) is 4.98 Å². The lowest BCUT2D eigenvalue weighted by Crippen LogP contribution is -2.35. The number of hydrogen-bond donors (Lipinski definition) is 2. The van der Waals surface area contributed by atoms with Crippen LogP contribution in [0.3, 0.4) is 0 Å². The van der Waals surface area contributed by atoms with Gasteiger partial charge in [-0.15, -0.1) is 0 Å². The molecule has 5 nitrogen and oxygen atoms in total. The molecule has 2 N–H and O–H groups in total. The fourth-order valence-electron chi connectivity index (χ4n) is 1.52. The van der Waals surface area contributed by atoms with E-state index in [0.29, 0.717) is 12.4 Å². The van der Waals surface area contributed by atoms with Gasteiger partial charge in [-0.05, 0) is 25.8 Å². The van der Waals surface area contributed by atoms with E-state index in [1.807, 2.05) is 25.1 Å². The molecular formula is C12H22N4O. The average Bonchev–Trinajstić information content (AvgIpc) is 2.29. The average molecular weight is 238 g/mol. The van der Waals surface area contributed by atoms with E-state index < -0.39 is 0 Å². The third kappa shape index (κ3) is 3.85. The molecule has 0 spiro atoms. The van der Waals surface area contributed by atoms with Crippen molar-refractivity contribution in [3.05, 3.63) is 12.3 Å². The Morgan fingerprint density at radius 2 is 2.18 bits per heavy atom. The second-order valence-corrected chi connectivity index (χ2v) is 4.65. The molecule has 0 radical (unpaired) electrons. The van der Waals surface area contributed by atoms with Gasteiger partial charge in [-0.1, -0.05) is 6.92 Å². The summed E-state index contributed by atoms with van der Waals surface area (Å²) in [4.78, 5) is 10.4. The fourth-order valence-corrected chi connectivity index (χ4v) is 1.52. The van der Waals surface area contributed by atoms with Gasteiger partial charge in [0, 0.05) is 32.4 Å². The summed E-state index contributed by atoms with van der Waals surface area (Å²) in [7, 11) is 3.82. The number of rotatable bonds is 6. The smallest absolute Gasteiger partial charge is 0.226 e. The number of aliphatic hydroxyl groups excluding tert-OH is 1. The highest BCUT2D eigenvalue weighted by Gasteiger charge is 2.21. The Balaban J connectivity index is 2.82. The van der Waals surface area contributed by atoms with E-state index in [1.54, 1.807) is 6.20 Å². The first-order valence-corrected chi connectivity index (χ1v) is 5.90. The van der Waals surface area contributed by atoms with E-state index in [1.165, 1.54) is 0 Å². The molecule has 1 heterocycles. The van der Waals surface area contributed by atoms with Crippen molar-refractivity contribution < 1.29 is 5.11 Å². The van der Waals surface area contributed by atoms with Gasteiger partial charge in [0.2, 0.25) is 5.95 Å². The maximum atomic E-state index is 9.07. The minimum Gasteiger partial charge on any atom is -0.396 e. The largest absolute Gasteiger partial charge is 0.396 e. The first kappa shape index (κ1) is 13.7. The molecule has 0 aromatic carbocycles. The minimum absolute atomic E-state index is 0.132. The first-order chi connectivity index (χ1) is 8.00. The summed E-state index contributed by atoms with van der Waals surface area (Å²) < 4.78 is 0. The highest BCUT2D eigenvalue weighted by Crippen LogP contribution is 2.20. The van der Waals surface area contributed by atoms with Crippen molar-refractivity contribution in [2.24, 2.45) is 0 Å². The van der Waals surface area contributed by atoms with Crippen molar-refractivity contribution in [1.82, 2.24) is 9.97 Å². The quantitative estimate of drug-likeness (QED) is 0.786. The summed E-state index contributed by atoms with van der Waals surface area (Å²) in [5.41, 5.74) is -0.132. The molecule has 1 aromatic heterocycles. The Morgan fingerprint density at radius 1 is 1.47 bits per heavy atom. The Kier molecular flexibility index (Phi) is 4.69. The highest BCUT2D eigenvalue weighted by atomic mass is 16.3. The molecule has 5 heteroatoms. The van der Waals surface area contributed by atoms with Crippen LogP contribution >= 0.6 is 0 Å². The van der Waals surface area contributed by atoms with E-state index in [4.69, 9.17) is 5.11 Å². The molecule has 0 fully saturated rings. The zero-order valence-corrected chi connectivity index (χ0v) is 11.1. The molecule has 1 rings (SSSR count). The summed E-state index contributed by atoms with van der Waals surface area (Å²) in [5, 5.41) is 12.4. The number of hydrogen-bond acceptors (Lipinski definition) is 5. The summed E-state index contributed by atoms with van der Waals surface area (Å²) >= 11 is 0. The molecule has 0 amide bonds. The van der Waals surface area contributed by atoms with Crippen LogP contribution in [0.4, 0.5) is 11.8 Å². The van der Waals surface area contributed by atoms with Crippen LogP contribution in [0.15, 0.2) is 12.3 Å². The molecular weight excluding hydrogens is 216 g/mol. The Bertz CT molecular complexity index is 356. The molecule has 0 saturated heterocycles. The van der Waals surface area contributed by atoms with Crippen molar-refractivity contribution in [3.63, 3.8) is 0 Å². The van der Waals surface area contributed by atoms with Crippen LogP contribution in [0, 0.1) is 0 Å². The summed E-state index contributed by atoms with van der Waals surface area (Å²) in [5.74, 6) is 1.47. The predicted molar refractivity (Wildman–Crippen MR) is 70.4 cm³/mol. The lowest BCUT2D eigenvalue weighted by molar-refractivity contribution is 0.252. The normalized spacial score (nSPS) is 14.2. The van der Waals surface area contributed by atoms with Crippen LogP contribution in [-0.2, 0) is 0 Å². The molecule has 96 valence electrons. The summed E-state index contributed by atoms with van der Waals surface area (Å²) in [6.07, 6.45) is 3.36. The van der Waals surface area contributed by atoms with E-state index in [2.05, 4.69) is 29.1 Å². The number of nitrogens with one attached hydrogen (secondary N) is 1. The van der Waals surface area contributed by atoms with Crippen molar-refractivity contribution in [1.29, 1.82) is 0 Å². The van der Waals surface area contributed by atoms with Gasteiger partial charge >= 0.3 is 0 Å². The third-order valence-corrected chi connectivity index (χ3v) is 2.92. The van der Waals surface area contributed by atoms with Gasteiger partial charge in [0.25, 0.3) is 0 Å². The van der Waals surface area contributed by atoms with Gasteiger partial charge in [-0.3, -0.25) is 0 Å². The van der Waals surface area contributed by atoms with E-state index in [9.17, 15) is 0 Å². The molecule has 17 heavy (non-hydrogen) atoms. The second-order valence-electron chi connectivity index (χ2n) is 4.65.